The molecule has 0 amide bonds. The molecular formula is C34H31Cl2N3O5S. The van der Waals surface area contributed by atoms with E-state index in [-0.39, 0.29) is 35.4 Å². The predicted octanol–water partition coefficient (Wildman–Crippen LogP) is 7.07. The van der Waals surface area contributed by atoms with Gasteiger partial charge >= 0.3 is 0 Å². The van der Waals surface area contributed by atoms with E-state index in [1.54, 1.807) is 41.2 Å². The van der Waals surface area contributed by atoms with Crippen LogP contribution < -0.4 is 4.72 Å². The number of rotatable bonds is 10. The van der Waals surface area contributed by atoms with Gasteiger partial charge in [0.15, 0.2) is 11.4 Å². The Morgan fingerprint density at radius 2 is 1.56 bits per heavy atom. The van der Waals surface area contributed by atoms with Gasteiger partial charge in [-0.2, -0.15) is 0 Å². The Labute approximate surface area is 272 Å². The zero-order valence-corrected chi connectivity index (χ0v) is 26.4. The first-order valence-electron chi connectivity index (χ1n) is 14.4. The van der Waals surface area contributed by atoms with Gasteiger partial charge in [-0.3, -0.25) is 0 Å². The van der Waals surface area contributed by atoms with E-state index >= 15 is 0 Å². The van der Waals surface area contributed by atoms with Crippen LogP contribution in [0.5, 0.6) is 0 Å². The van der Waals surface area contributed by atoms with Gasteiger partial charge in [0.25, 0.3) is 0 Å². The maximum absolute atomic E-state index is 12.8. The van der Waals surface area contributed by atoms with E-state index in [0.29, 0.717) is 18.1 Å². The van der Waals surface area contributed by atoms with Crippen LogP contribution in [0, 0.1) is 0 Å². The summed E-state index contributed by atoms with van der Waals surface area (Å²) in [5, 5.41) is 10.1. The van der Waals surface area contributed by atoms with Crippen LogP contribution in [-0.2, 0) is 39.2 Å². The van der Waals surface area contributed by atoms with Crippen LogP contribution in [-0.4, -0.2) is 29.2 Å². The molecule has 11 heteroatoms. The number of hydrogen-bond acceptors (Lipinski definition) is 6. The summed E-state index contributed by atoms with van der Waals surface area (Å²) in [5.41, 5.74) is 5.31. The third-order valence-corrected chi connectivity index (χ3v) is 9.95. The van der Waals surface area contributed by atoms with Crippen LogP contribution >= 0.6 is 23.2 Å². The van der Waals surface area contributed by atoms with E-state index in [2.05, 4.69) is 9.71 Å². The maximum Gasteiger partial charge on any atom is 0.240 e. The van der Waals surface area contributed by atoms with Crippen molar-refractivity contribution in [1.82, 2.24) is 14.3 Å². The topological polar surface area (TPSA) is 103 Å². The molecule has 1 fully saturated rings. The van der Waals surface area contributed by atoms with Crippen molar-refractivity contribution >= 4 is 33.2 Å². The fourth-order valence-electron chi connectivity index (χ4n) is 5.35. The smallest absolute Gasteiger partial charge is 0.240 e. The van der Waals surface area contributed by atoms with Crippen LogP contribution in [0.3, 0.4) is 0 Å². The normalized spacial score (nSPS) is 18.6. The monoisotopic (exact) mass is 663 g/mol. The van der Waals surface area contributed by atoms with Crippen molar-refractivity contribution in [3.63, 3.8) is 0 Å². The van der Waals surface area contributed by atoms with E-state index in [4.69, 9.17) is 32.7 Å². The third kappa shape index (κ3) is 7.31. The molecule has 5 aromatic rings. The Morgan fingerprint density at radius 1 is 0.867 bits per heavy atom. The molecule has 1 aromatic heterocycles. The van der Waals surface area contributed by atoms with Crippen LogP contribution in [0.25, 0.3) is 11.1 Å². The summed E-state index contributed by atoms with van der Waals surface area (Å²) < 4.78 is 43.0. The van der Waals surface area contributed by atoms with Crippen molar-refractivity contribution in [2.24, 2.45) is 0 Å². The highest BCUT2D eigenvalue weighted by Gasteiger charge is 2.33. The predicted molar refractivity (Wildman–Crippen MR) is 173 cm³/mol. The summed E-state index contributed by atoms with van der Waals surface area (Å²) in [5.74, 6) is 0. The van der Waals surface area contributed by atoms with Gasteiger partial charge < -0.3 is 19.1 Å². The molecule has 4 aromatic carbocycles. The van der Waals surface area contributed by atoms with Gasteiger partial charge in [0.2, 0.25) is 10.0 Å². The lowest BCUT2D eigenvalue weighted by Gasteiger charge is -2.36. The zero-order valence-electron chi connectivity index (χ0n) is 24.1. The number of nitrogens with one attached hydrogen (secondary N) is 1. The van der Waals surface area contributed by atoms with Crippen LogP contribution in [0.15, 0.2) is 114 Å². The van der Waals surface area contributed by atoms with Gasteiger partial charge in [-0.1, -0.05) is 114 Å². The Balaban J connectivity index is 1.22. The van der Waals surface area contributed by atoms with Gasteiger partial charge in [-0.25, -0.2) is 18.1 Å². The fourth-order valence-corrected chi connectivity index (χ4v) is 6.70. The third-order valence-electron chi connectivity index (χ3n) is 7.77. The van der Waals surface area contributed by atoms with Crippen LogP contribution in [0.1, 0.15) is 41.1 Å². The van der Waals surface area contributed by atoms with Crippen molar-refractivity contribution in [1.29, 1.82) is 0 Å². The Bertz CT molecular complexity index is 1850. The number of hydrogen-bond donors (Lipinski definition) is 2. The molecule has 0 radical (unpaired) electrons. The Kier molecular flexibility index (Phi) is 9.67. The van der Waals surface area contributed by atoms with Gasteiger partial charge in [-0.05, 0) is 39.9 Å². The lowest BCUT2D eigenvalue weighted by Crippen LogP contribution is -2.32. The number of ether oxygens (including phenoxy) is 2. The molecule has 232 valence electrons. The average Bonchev–Trinajstić information content (AvgIpc) is 3.40. The molecular weight excluding hydrogens is 633 g/mol. The lowest BCUT2D eigenvalue weighted by atomic mass is 9.97. The summed E-state index contributed by atoms with van der Waals surface area (Å²) in [6, 6.07) is 31.6. The molecule has 0 saturated carbocycles. The number of benzene rings is 4. The number of aromatic nitrogens is 2. The minimum Gasteiger partial charge on any atom is -0.392 e. The van der Waals surface area contributed by atoms with E-state index in [1.165, 1.54) is 0 Å². The molecule has 8 nitrogen and oxygen atoms in total. The minimum absolute atomic E-state index is 0.0333. The summed E-state index contributed by atoms with van der Waals surface area (Å²) in [7, 11) is -3.66. The van der Waals surface area contributed by atoms with E-state index in [1.807, 2.05) is 72.8 Å². The van der Waals surface area contributed by atoms with E-state index in [0.717, 1.165) is 33.4 Å². The number of aliphatic hydroxyl groups excluding tert-OH is 1. The first kappa shape index (κ1) is 31.4. The van der Waals surface area contributed by atoms with Crippen LogP contribution in [0.4, 0.5) is 0 Å². The van der Waals surface area contributed by atoms with Gasteiger partial charge in [0.05, 0.1) is 36.6 Å². The number of imidazole rings is 1. The second-order valence-corrected chi connectivity index (χ2v) is 13.2. The molecule has 2 N–H and O–H groups in total. The molecule has 6 rings (SSSR count). The van der Waals surface area contributed by atoms with Gasteiger partial charge in [0, 0.05) is 18.5 Å². The molecule has 45 heavy (non-hydrogen) atoms. The number of nitrogens with zero attached hydrogens (tertiary/aromatic N) is 2. The number of sulfonamides is 1. The van der Waals surface area contributed by atoms with Crippen molar-refractivity contribution in [2.75, 3.05) is 0 Å². The van der Waals surface area contributed by atoms with Gasteiger partial charge in [-0.15, -0.1) is 0 Å². The number of halogens is 2. The first-order valence-corrected chi connectivity index (χ1v) is 16.6. The van der Waals surface area contributed by atoms with Crippen molar-refractivity contribution in [2.45, 2.75) is 49.5 Å². The van der Waals surface area contributed by atoms with Gasteiger partial charge in [0.1, 0.15) is 5.15 Å². The summed E-state index contributed by atoms with van der Waals surface area (Å²) in [6.45, 7) is 0.547. The molecule has 0 unspecified atom stereocenters. The van der Waals surface area contributed by atoms with E-state index < -0.39 is 16.3 Å². The van der Waals surface area contributed by atoms with E-state index in [9.17, 15) is 13.5 Å². The molecule has 1 aliphatic rings. The molecule has 1 saturated heterocycles. The lowest BCUT2D eigenvalue weighted by molar-refractivity contribution is -0.252. The second-order valence-electron chi connectivity index (χ2n) is 10.7. The molecule has 3 atom stereocenters. The van der Waals surface area contributed by atoms with Crippen molar-refractivity contribution in [3.05, 3.63) is 142 Å². The second kappa shape index (κ2) is 13.8. The Morgan fingerprint density at radius 3 is 2.24 bits per heavy atom. The molecule has 0 spiro atoms. The molecule has 2 heterocycles. The van der Waals surface area contributed by atoms with Crippen molar-refractivity contribution in [3.8, 4) is 11.1 Å². The Hall–Kier alpha value is -3.54. The zero-order chi connectivity index (χ0) is 31.4. The number of aliphatic hydroxyl groups is 1. The minimum atomic E-state index is -3.66. The SMILES string of the molecule is O=S(=O)(NCc1ccccc1-c1ccc([C@@H]2O[C@H](Cn3cnc(Cl)c3Cl)C[C@H](c3ccc(CO)cc3)O2)cc1)c1ccccc1. The average molecular weight is 665 g/mol. The molecule has 1 aliphatic heterocycles. The highest BCUT2D eigenvalue weighted by Crippen LogP contribution is 2.39. The standard InChI is InChI=1S/C34H31Cl2N3O5S/c35-32-33(36)39(22-37-32)20-28-18-31(25-12-10-23(21-40)11-13-25)44-34(43-28)26-16-14-24(15-17-26)30-9-5-4-6-27(30)19-38-45(41,42)29-7-2-1-3-8-29/h1-17,22,28,31,34,38,40H,18-21H2/t28-,31+,34+/m0/s1. The van der Waals surface area contributed by atoms with Crippen LogP contribution in [0.2, 0.25) is 10.3 Å². The quantitative estimate of drug-likeness (QED) is 0.166. The summed E-state index contributed by atoms with van der Waals surface area (Å²) >= 11 is 12.4. The first-order chi connectivity index (χ1) is 21.8. The maximum atomic E-state index is 12.8. The largest absolute Gasteiger partial charge is 0.392 e. The molecule has 0 aliphatic carbocycles. The highest BCUT2D eigenvalue weighted by atomic mass is 35.5. The molecule has 0 bridgehead atoms. The summed E-state index contributed by atoms with van der Waals surface area (Å²) in [4.78, 5) is 4.31. The fraction of sp³-hybridized carbons (Fsp3) is 0.206. The summed E-state index contributed by atoms with van der Waals surface area (Å²) in [6.07, 6.45) is 0.983. The van der Waals surface area contributed by atoms with Crippen molar-refractivity contribution < 1.29 is 23.0 Å². The highest BCUT2D eigenvalue weighted by molar-refractivity contribution is 7.89.